The Kier molecular flexibility index (Phi) is 6.37. The van der Waals surface area contributed by atoms with Gasteiger partial charge in [0.15, 0.2) is 0 Å². The minimum Gasteiger partial charge on any atom is -0.496 e. The number of nitrogens with one attached hydrogen (secondary N) is 2. The molecule has 0 bridgehead atoms. The van der Waals surface area contributed by atoms with Gasteiger partial charge < -0.3 is 15.4 Å². The molecule has 2 aromatic rings. The molecule has 26 heavy (non-hydrogen) atoms. The summed E-state index contributed by atoms with van der Waals surface area (Å²) >= 11 is 11.8. The molecule has 10 heteroatoms. The van der Waals surface area contributed by atoms with Crippen molar-refractivity contribution >= 4 is 46.4 Å². The summed E-state index contributed by atoms with van der Waals surface area (Å²) in [6.07, 6.45) is 0. The smallest absolute Gasteiger partial charge is 0.271 e. The summed E-state index contributed by atoms with van der Waals surface area (Å²) in [4.78, 5) is 34.2. The Morgan fingerprint density at radius 3 is 2.54 bits per heavy atom. The Morgan fingerprint density at radius 1 is 1.19 bits per heavy atom. The van der Waals surface area contributed by atoms with Gasteiger partial charge >= 0.3 is 0 Å². The second-order valence-electron chi connectivity index (χ2n) is 5.00. The van der Waals surface area contributed by atoms with Gasteiger partial charge in [-0.25, -0.2) is 0 Å². The lowest BCUT2D eigenvalue weighted by molar-refractivity contribution is -0.384. The molecule has 0 aromatic heterocycles. The number of benzene rings is 2. The number of hydrogen-bond acceptors (Lipinski definition) is 5. The van der Waals surface area contributed by atoms with E-state index in [1.807, 2.05) is 0 Å². The van der Waals surface area contributed by atoms with Gasteiger partial charge in [-0.15, -0.1) is 0 Å². The van der Waals surface area contributed by atoms with Crippen molar-refractivity contribution in [1.82, 2.24) is 5.32 Å². The number of carbonyl (C=O) groups excluding carboxylic acids is 2. The van der Waals surface area contributed by atoms with Crippen LogP contribution in [0.25, 0.3) is 0 Å². The first-order valence-electron chi connectivity index (χ1n) is 7.17. The molecular formula is C16H13Cl2N3O5. The lowest BCUT2D eigenvalue weighted by atomic mass is 10.2. The maximum Gasteiger partial charge on any atom is 0.271 e. The number of amides is 2. The van der Waals surface area contributed by atoms with E-state index >= 15 is 0 Å². The predicted molar refractivity (Wildman–Crippen MR) is 97.1 cm³/mol. The normalized spacial score (nSPS) is 10.1. The van der Waals surface area contributed by atoms with Crippen molar-refractivity contribution in [3.63, 3.8) is 0 Å². The topological polar surface area (TPSA) is 111 Å². The average molecular weight is 398 g/mol. The van der Waals surface area contributed by atoms with E-state index in [0.29, 0.717) is 10.8 Å². The van der Waals surface area contributed by atoms with Crippen LogP contribution >= 0.6 is 23.2 Å². The molecule has 0 saturated heterocycles. The first-order chi connectivity index (χ1) is 12.3. The molecule has 0 aliphatic carbocycles. The summed E-state index contributed by atoms with van der Waals surface area (Å²) in [6.45, 7) is -0.345. The maximum absolute atomic E-state index is 12.2. The number of carbonyl (C=O) groups is 2. The number of rotatable bonds is 6. The zero-order valence-corrected chi connectivity index (χ0v) is 14.9. The lowest BCUT2D eigenvalue weighted by Crippen LogP contribution is -2.33. The third-order valence-corrected chi connectivity index (χ3v) is 3.80. The molecule has 0 unspecified atom stereocenters. The summed E-state index contributed by atoms with van der Waals surface area (Å²) in [7, 11) is 1.41. The highest BCUT2D eigenvalue weighted by molar-refractivity contribution is 6.34. The number of halogens is 2. The van der Waals surface area contributed by atoms with Crippen molar-refractivity contribution in [3.05, 3.63) is 62.1 Å². The molecule has 0 heterocycles. The van der Waals surface area contributed by atoms with Crippen LogP contribution in [0.1, 0.15) is 10.4 Å². The van der Waals surface area contributed by atoms with E-state index in [9.17, 15) is 19.7 Å². The van der Waals surface area contributed by atoms with Crippen LogP contribution in [-0.4, -0.2) is 30.4 Å². The molecule has 8 nitrogen and oxygen atoms in total. The Bertz CT molecular complexity index is 873. The predicted octanol–water partition coefficient (Wildman–Crippen LogP) is 3.28. The minimum absolute atomic E-state index is 0.00962. The van der Waals surface area contributed by atoms with E-state index in [1.165, 1.54) is 31.4 Å². The standard InChI is InChI=1S/C16H13Cl2N3O5/c1-26-14-5-2-9(17)6-11(14)16(23)19-8-15(22)20-13-4-3-10(21(24)25)7-12(13)18/h2-7H,8H2,1H3,(H,19,23)(H,20,22). The molecule has 2 aromatic carbocycles. The fraction of sp³-hybridized carbons (Fsp3) is 0.125. The number of hydrogen-bond donors (Lipinski definition) is 2. The van der Waals surface area contributed by atoms with Crippen LogP contribution in [0.4, 0.5) is 11.4 Å². The van der Waals surface area contributed by atoms with E-state index in [4.69, 9.17) is 27.9 Å². The van der Waals surface area contributed by atoms with Gasteiger partial charge in [0.1, 0.15) is 5.75 Å². The van der Waals surface area contributed by atoms with Gasteiger partial charge in [0, 0.05) is 17.2 Å². The van der Waals surface area contributed by atoms with Crippen molar-refractivity contribution in [2.24, 2.45) is 0 Å². The summed E-state index contributed by atoms with van der Waals surface area (Å²) in [5.41, 5.74) is 0.173. The van der Waals surface area contributed by atoms with Crippen LogP contribution < -0.4 is 15.4 Å². The van der Waals surface area contributed by atoms with E-state index < -0.39 is 16.7 Å². The molecule has 0 saturated carbocycles. The van der Waals surface area contributed by atoms with E-state index in [1.54, 1.807) is 6.07 Å². The van der Waals surface area contributed by atoms with Crippen molar-refractivity contribution in [3.8, 4) is 5.75 Å². The number of anilines is 1. The SMILES string of the molecule is COc1ccc(Cl)cc1C(=O)NCC(=O)Nc1ccc([N+](=O)[O-])cc1Cl. The number of nitro groups is 1. The number of ether oxygens (including phenoxy) is 1. The van der Waals surface area contributed by atoms with Gasteiger partial charge in [0.2, 0.25) is 5.91 Å². The second kappa shape index (κ2) is 8.50. The Hall–Kier alpha value is -2.84. The molecule has 2 rings (SSSR count). The Balaban J connectivity index is 2.00. The van der Waals surface area contributed by atoms with Crippen molar-refractivity contribution in [2.75, 3.05) is 19.0 Å². The van der Waals surface area contributed by atoms with Crippen molar-refractivity contribution in [2.45, 2.75) is 0 Å². The Labute approximate surface area is 158 Å². The third kappa shape index (κ3) is 4.84. The third-order valence-electron chi connectivity index (χ3n) is 3.25. The number of nitro benzene ring substituents is 1. The molecule has 0 atom stereocenters. The zero-order valence-electron chi connectivity index (χ0n) is 13.4. The van der Waals surface area contributed by atoms with Crippen LogP contribution in [0.3, 0.4) is 0 Å². The zero-order chi connectivity index (χ0) is 19.3. The van der Waals surface area contributed by atoms with Gasteiger partial charge in [-0.3, -0.25) is 19.7 Å². The number of nitrogens with zero attached hydrogens (tertiary/aromatic N) is 1. The largest absolute Gasteiger partial charge is 0.496 e. The van der Waals surface area contributed by atoms with Crippen LogP contribution in [-0.2, 0) is 4.79 Å². The summed E-state index contributed by atoms with van der Waals surface area (Å²) < 4.78 is 5.08. The molecular weight excluding hydrogens is 385 g/mol. The van der Waals surface area contributed by atoms with Gasteiger partial charge in [0.05, 0.1) is 34.9 Å². The van der Waals surface area contributed by atoms with Crippen LogP contribution in [0, 0.1) is 10.1 Å². The second-order valence-corrected chi connectivity index (χ2v) is 5.84. The van der Waals surface area contributed by atoms with Crippen LogP contribution in [0.15, 0.2) is 36.4 Å². The molecule has 0 aliphatic heterocycles. The van der Waals surface area contributed by atoms with Gasteiger partial charge in [0.25, 0.3) is 11.6 Å². The monoisotopic (exact) mass is 397 g/mol. The molecule has 0 fully saturated rings. The first-order valence-corrected chi connectivity index (χ1v) is 7.93. The van der Waals surface area contributed by atoms with Crippen molar-refractivity contribution < 1.29 is 19.2 Å². The van der Waals surface area contributed by atoms with Crippen LogP contribution in [0.2, 0.25) is 10.0 Å². The molecule has 0 aliphatic rings. The van der Waals surface area contributed by atoms with Gasteiger partial charge in [-0.2, -0.15) is 0 Å². The van der Waals surface area contributed by atoms with Crippen LogP contribution in [0.5, 0.6) is 5.75 Å². The van der Waals surface area contributed by atoms with Gasteiger partial charge in [-0.1, -0.05) is 23.2 Å². The molecule has 0 radical (unpaired) electrons. The number of non-ortho nitro benzene ring substituents is 1. The Morgan fingerprint density at radius 2 is 1.92 bits per heavy atom. The quantitative estimate of drug-likeness (QED) is 0.573. The van der Waals surface area contributed by atoms with Gasteiger partial charge in [-0.05, 0) is 24.3 Å². The summed E-state index contributed by atoms with van der Waals surface area (Å²) in [6, 6.07) is 8.15. The first kappa shape index (κ1) is 19.5. The van der Waals surface area contributed by atoms with E-state index in [2.05, 4.69) is 10.6 Å². The number of methoxy groups -OCH3 is 1. The maximum atomic E-state index is 12.2. The molecule has 136 valence electrons. The summed E-state index contributed by atoms with van der Waals surface area (Å²) in [5.74, 6) is -0.796. The lowest BCUT2D eigenvalue weighted by Gasteiger charge is -2.10. The van der Waals surface area contributed by atoms with Crippen molar-refractivity contribution in [1.29, 1.82) is 0 Å². The minimum atomic E-state index is -0.601. The fourth-order valence-corrected chi connectivity index (χ4v) is 2.42. The molecule has 2 amide bonds. The highest BCUT2D eigenvalue weighted by atomic mass is 35.5. The fourth-order valence-electron chi connectivity index (χ4n) is 2.03. The molecule has 0 spiro atoms. The average Bonchev–Trinajstić information content (AvgIpc) is 2.61. The highest BCUT2D eigenvalue weighted by Crippen LogP contribution is 2.26. The highest BCUT2D eigenvalue weighted by Gasteiger charge is 2.15. The molecule has 2 N–H and O–H groups in total. The van der Waals surface area contributed by atoms with E-state index in [-0.39, 0.29) is 28.5 Å². The van der Waals surface area contributed by atoms with E-state index in [0.717, 1.165) is 6.07 Å². The summed E-state index contributed by atoms with van der Waals surface area (Å²) in [5, 5.41) is 15.9.